The lowest BCUT2D eigenvalue weighted by Gasteiger charge is -2.14. The van der Waals surface area contributed by atoms with Crippen LogP contribution in [0.1, 0.15) is 24.8 Å². The van der Waals surface area contributed by atoms with Gasteiger partial charge in [-0.15, -0.1) is 0 Å². The summed E-state index contributed by atoms with van der Waals surface area (Å²) in [5.41, 5.74) is 0.990. The minimum absolute atomic E-state index is 0.0102. The van der Waals surface area contributed by atoms with Crippen LogP contribution in [0, 0.1) is 24.5 Å². The van der Waals surface area contributed by atoms with Crippen molar-refractivity contribution in [2.45, 2.75) is 26.8 Å². The molecule has 2 heterocycles. The SMILES string of the molecule is CCNC(=O)[C@H]1CCN(Cc2nc(-c3cc(F)cc(F)c3)oc2C)C1. The number of nitrogens with zero attached hydrogens (tertiary/aromatic N) is 2. The Labute approximate surface area is 145 Å². The van der Waals surface area contributed by atoms with E-state index in [0.717, 1.165) is 24.7 Å². The molecule has 7 heteroatoms. The molecule has 0 aliphatic carbocycles. The van der Waals surface area contributed by atoms with Crippen molar-refractivity contribution in [2.75, 3.05) is 19.6 Å². The first-order valence-corrected chi connectivity index (χ1v) is 8.39. The summed E-state index contributed by atoms with van der Waals surface area (Å²) >= 11 is 0. The van der Waals surface area contributed by atoms with Crippen LogP contribution in [-0.2, 0) is 11.3 Å². The largest absolute Gasteiger partial charge is 0.441 e. The summed E-state index contributed by atoms with van der Waals surface area (Å²) in [7, 11) is 0. The number of aryl methyl sites for hydroxylation is 1. The summed E-state index contributed by atoms with van der Waals surface area (Å²) in [4.78, 5) is 18.4. The van der Waals surface area contributed by atoms with Crippen molar-refractivity contribution < 1.29 is 18.0 Å². The molecule has 1 aromatic carbocycles. The van der Waals surface area contributed by atoms with Gasteiger partial charge in [-0.2, -0.15) is 0 Å². The Balaban J connectivity index is 1.70. The Morgan fingerprint density at radius 1 is 1.36 bits per heavy atom. The maximum absolute atomic E-state index is 13.4. The van der Waals surface area contributed by atoms with Crippen LogP contribution in [0.15, 0.2) is 22.6 Å². The number of carbonyl (C=O) groups is 1. The molecule has 25 heavy (non-hydrogen) atoms. The standard InChI is InChI=1S/C18H21F2N3O2/c1-3-21-17(24)12-4-5-23(9-12)10-16-11(2)25-18(22-16)13-6-14(19)8-15(20)7-13/h6-8,12H,3-5,9-10H2,1-2H3,(H,21,24)/t12-/m0/s1. The molecular weight excluding hydrogens is 328 g/mol. The molecule has 0 bridgehead atoms. The van der Waals surface area contributed by atoms with Crippen LogP contribution in [0.3, 0.4) is 0 Å². The third kappa shape index (κ3) is 4.04. The van der Waals surface area contributed by atoms with Gasteiger partial charge >= 0.3 is 0 Å². The fraction of sp³-hybridized carbons (Fsp3) is 0.444. The van der Waals surface area contributed by atoms with Gasteiger partial charge in [-0.1, -0.05) is 0 Å². The lowest BCUT2D eigenvalue weighted by molar-refractivity contribution is -0.124. The van der Waals surface area contributed by atoms with Gasteiger partial charge in [0.25, 0.3) is 0 Å². The van der Waals surface area contributed by atoms with E-state index >= 15 is 0 Å². The van der Waals surface area contributed by atoms with Crippen LogP contribution < -0.4 is 5.32 Å². The van der Waals surface area contributed by atoms with Crippen molar-refractivity contribution in [2.24, 2.45) is 5.92 Å². The van der Waals surface area contributed by atoms with Crippen molar-refractivity contribution in [1.82, 2.24) is 15.2 Å². The fourth-order valence-corrected chi connectivity index (χ4v) is 3.10. The molecule has 1 N–H and O–H groups in total. The van der Waals surface area contributed by atoms with E-state index in [9.17, 15) is 13.6 Å². The molecule has 5 nitrogen and oxygen atoms in total. The predicted octanol–water partition coefficient (Wildman–Crippen LogP) is 2.89. The quantitative estimate of drug-likeness (QED) is 0.902. The van der Waals surface area contributed by atoms with Gasteiger partial charge in [-0.3, -0.25) is 9.69 Å². The Morgan fingerprint density at radius 2 is 2.08 bits per heavy atom. The average Bonchev–Trinajstić information content (AvgIpc) is 3.15. The highest BCUT2D eigenvalue weighted by Crippen LogP contribution is 2.26. The molecule has 1 aliphatic heterocycles. The van der Waals surface area contributed by atoms with Crippen LogP contribution in [0.5, 0.6) is 0 Å². The maximum Gasteiger partial charge on any atom is 0.226 e. The van der Waals surface area contributed by atoms with E-state index in [1.807, 2.05) is 6.92 Å². The van der Waals surface area contributed by atoms with Crippen molar-refractivity contribution in [3.63, 3.8) is 0 Å². The first-order chi connectivity index (χ1) is 12.0. The molecule has 134 valence electrons. The zero-order valence-corrected chi connectivity index (χ0v) is 14.3. The number of aromatic nitrogens is 1. The second kappa shape index (κ2) is 7.31. The zero-order valence-electron chi connectivity index (χ0n) is 14.3. The normalized spacial score (nSPS) is 17.8. The lowest BCUT2D eigenvalue weighted by atomic mass is 10.1. The second-order valence-electron chi connectivity index (χ2n) is 6.30. The summed E-state index contributed by atoms with van der Waals surface area (Å²) in [5, 5.41) is 2.85. The summed E-state index contributed by atoms with van der Waals surface area (Å²) in [5.74, 6) is -0.457. The Bertz CT molecular complexity index is 755. The number of benzene rings is 1. The lowest BCUT2D eigenvalue weighted by Crippen LogP contribution is -2.32. The van der Waals surface area contributed by atoms with Crippen LogP contribution in [-0.4, -0.2) is 35.4 Å². The number of nitrogens with one attached hydrogen (secondary N) is 1. The molecule has 3 rings (SSSR count). The highest BCUT2D eigenvalue weighted by Gasteiger charge is 2.29. The molecule has 1 aliphatic rings. The van der Waals surface area contributed by atoms with Gasteiger partial charge in [0, 0.05) is 31.3 Å². The van der Waals surface area contributed by atoms with Crippen molar-refractivity contribution in [1.29, 1.82) is 0 Å². The van der Waals surface area contributed by atoms with E-state index in [-0.39, 0.29) is 23.3 Å². The molecule has 2 aromatic rings. The number of rotatable bonds is 5. The molecule has 0 radical (unpaired) electrons. The number of amides is 1. The summed E-state index contributed by atoms with van der Waals surface area (Å²) in [6.45, 7) is 6.33. The summed E-state index contributed by atoms with van der Waals surface area (Å²) in [6, 6.07) is 3.20. The van der Waals surface area contributed by atoms with Crippen LogP contribution >= 0.6 is 0 Å². The number of hydrogen-bond donors (Lipinski definition) is 1. The van der Waals surface area contributed by atoms with E-state index < -0.39 is 11.6 Å². The van der Waals surface area contributed by atoms with Gasteiger partial charge in [-0.25, -0.2) is 13.8 Å². The van der Waals surface area contributed by atoms with Gasteiger partial charge in [0.1, 0.15) is 17.4 Å². The molecule has 1 fully saturated rings. The second-order valence-corrected chi connectivity index (χ2v) is 6.30. The molecule has 0 unspecified atom stereocenters. The molecule has 1 saturated heterocycles. The minimum atomic E-state index is -0.670. The fourth-order valence-electron chi connectivity index (χ4n) is 3.10. The van der Waals surface area contributed by atoms with E-state index in [0.29, 0.717) is 25.4 Å². The minimum Gasteiger partial charge on any atom is -0.441 e. The predicted molar refractivity (Wildman–Crippen MR) is 88.7 cm³/mol. The highest BCUT2D eigenvalue weighted by atomic mass is 19.1. The highest BCUT2D eigenvalue weighted by molar-refractivity contribution is 5.79. The maximum atomic E-state index is 13.4. The number of carbonyl (C=O) groups excluding carboxylic acids is 1. The Hall–Kier alpha value is -2.28. The van der Waals surface area contributed by atoms with Gasteiger partial charge < -0.3 is 9.73 Å². The topological polar surface area (TPSA) is 58.4 Å². The molecule has 0 spiro atoms. The van der Waals surface area contributed by atoms with Crippen molar-refractivity contribution >= 4 is 5.91 Å². The van der Waals surface area contributed by atoms with Gasteiger partial charge in [0.05, 0.1) is 11.6 Å². The van der Waals surface area contributed by atoms with E-state index in [2.05, 4.69) is 15.2 Å². The monoisotopic (exact) mass is 349 g/mol. The first-order valence-electron chi connectivity index (χ1n) is 8.39. The number of hydrogen-bond acceptors (Lipinski definition) is 4. The molecule has 1 aromatic heterocycles. The Morgan fingerprint density at radius 3 is 2.76 bits per heavy atom. The number of oxazole rings is 1. The van der Waals surface area contributed by atoms with Gasteiger partial charge in [0.15, 0.2) is 0 Å². The molecular formula is C18H21F2N3O2. The first kappa shape index (κ1) is 17.5. The van der Waals surface area contributed by atoms with E-state index in [4.69, 9.17) is 4.42 Å². The molecule has 1 atom stereocenters. The number of likely N-dealkylation sites (tertiary alicyclic amines) is 1. The van der Waals surface area contributed by atoms with Gasteiger partial charge in [0.2, 0.25) is 11.8 Å². The number of halogens is 2. The van der Waals surface area contributed by atoms with E-state index in [1.54, 1.807) is 6.92 Å². The summed E-state index contributed by atoms with van der Waals surface area (Å²) < 4.78 is 32.3. The smallest absolute Gasteiger partial charge is 0.226 e. The van der Waals surface area contributed by atoms with E-state index in [1.165, 1.54) is 12.1 Å². The third-order valence-corrected chi connectivity index (χ3v) is 4.37. The summed E-state index contributed by atoms with van der Waals surface area (Å²) in [6.07, 6.45) is 0.810. The van der Waals surface area contributed by atoms with Crippen LogP contribution in [0.25, 0.3) is 11.5 Å². The molecule has 0 saturated carbocycles. The van der Waals surface area contributed by atoms with Crippen molar-refractivity contribution in [3.05, 3.63) is 41.3 Å². The van der Waals surface area contributed by atoms with Crippen LogP contribution in [0.4, 0.5) is 8.78 Å². The van der Waals surface area contributed by atoms with Gasteiger partial charge in [-0.05, 0) is 38.9 Å². The zero-order chi connectivity index (χ0) is 18.0. The molecule has 1 amide bonds. The van der Waals surface area contributed by atoms with Crippen molar-refractivity contribution in [3.8, 4) is 11.5 Å². The Kier molecular flexibility index (Phi) is 5.13. The average molecular weight is 349 g/mol. The third-order valence-electron chi connectivity index (χ3n) is 4.37. The van der Waals surface area contributed by atoms with Crippen LogP contribution in [0.2, 0.25) is 0 Å².